The Kier molecular flexibility index (Phi) is 5.34. The molecule has 26 heavy (non-hydrogen) atoms. The zero-order valence-electron chi connectivity index (χ0n) is 15.0. The maximum Gasteiger partial charge on any atom is 0.184 e. The second-order valence-corrected chi connectivity index (χ2v) is 7.30. The molecule has 0 saturated carbocycles. The van der Waals surface area contributed by atoms with E-state index in [1.54, 1.807) is 6.07 Å². The Balaban J connectivity index is 1.29. The molecule has 1 saturated heterocycles. The maximum atomic E-state index is 12.2. The predicted octanol–water partition coefficient (Wildman–Crippen LogP) is 4.13. The molecule has 0 radical (unpaired) electrons. The third-order valence-corrected chi connectivity index (χ3v) is 5.35. The van der Waals surface area contributed by atoms with Crippen LogP contribution in [0.2, 0.25) is 0 Å². The molecule has 1 aromatic heterocycles. The largest absolute Gasteiger partial charge is 0.486 e. The van der Waals surface area contributed by atoms with Crippen molar-refractivity contribution in [2.45, 2.75) is 51.6 Å². The summed E-state index contributed by atoms with van der Waals surface area (Å²) in [6.45, 7) is 1.87. The molecule has 1 aliphatic carbocycles. The van der Waals surface area contributed by atoms with Crippen LogP contribution in [0.3, 0.4) is 0 Å². The molecule has 0 bridgehead atoms. The van der Waals surface area contributed by atoms with Crippen LogP contribution in [0, 0.1) is 5.92 Å². The van der Waals surface area contributed by atoms with Gasteiger partial charge in [0, 0.05) is 25.7 Å². The fourth-order valence-corrected chi connectivity index (χ4v) is 3.74. The lowest BCUT2D eigenvalue weighted by Crippen LogP contribution is -2.05. The molecule has 0 spiro atoms. The molecule has 0 N–H and O–H groups in total. The van der Waals surface area contributed by atoms with Crippen LogP contribution in [0.5, 0.6) is 5.75 Å². The van der Waals surface area contributed by atoms with E-state index >= 15 is 0 Å². The minimum atomic E-state index is 0.0284. The minimum absolute atomic E-state index is 0.0284. The Morgan fingerprint density at radius 2 is 2.08 bits per heavy atom. The molecule has 138 valence electrons. The van der Waals surface area contributed by atoms with E-state index in [0.29, 0.717) is 23.8 Å². The fraction of sp³-hybridized carbons (Fsp3) is 0.524. The average molecular weight is 355 g/mol. The number of fused-ring (bicyclic) bond motifs is 1. The highest BCUT2D eigenvalue weighted by Gasteiger charge is 2.19. The molecule has 2 aromatic rings. The van der Waals surface area contributed by atoms with Gasteiger partial charge in [-0.2, -0.15) is 0 Å². The number of aryl methyl sites for hydroxylation is 2. The average Bonchev–Trinajstić information content (AvgIpc) is 3.36. The topological polar surface area (TPSA) is 61.6 Å². The van der Waals surface area contributed by atoms with E-state index in [4.69, 9.17) is 14.0 Å². The highest BCUT2D eigenvalue weighted by atomic mass is 16.5. The predicted molar refractivity (Wildman–Crippen MR) is 96.4 cm³/mol. The summed E-state index contributed by atoms with van der Waals surface area (Å²) >= 11 is 0. The fourth-order valence-electron chi connectivity index (χ4n) is 3.74. The summed E-state index contributed by atoms with van der Waals surface area (Å²) in [5.41, 5.74) is 3.22. The smallest absolute Gasteiger partial charge is 0.184 e. The van der Waals surface area contributed by atoms with Gasteiger partial charge in [0.2, 0.25) is 0 Å². The van der Waals surface area contributed by atoms with Gasteiger partial charge in [0.05, 0.1) is 0 Å². The minimum Gasteiger partial charge on any atom is -0.486 e. The first kappa shape index (κ1) is 17.3. The summed E-state index contributed by atoms with van der Waals surface area (Å²) in [6.07, 6.45) is 7.20. The van der Waals surface area contributed by atoms with Crippen LogP contribution >= 0.6 is 0 Å². The van der Waals surface area contributed by atoms with Crippen molar-refractivity contribution in [3.63, 3.8) is 0 Å². The summed E-state index contributed by atoms with van der Waals surface area (Å²) < 4.78 is 16.4. The molecule has 1 unspecified atom stereocenters. The van der Waals surface area contributed by atoms with Crippen LogP contribution in [-0.4, -0.2) is 24.2 Å². The molecule has 5 nitrogen and oxygen atoms in total. The Morgan fingerprint density at radius 3 is 2.92 bits per heavy atom. The third-order valence-electron chi connectivity index (χ3n) is 5.35. The molecule has 2 heterocycles. The molecule has 1 aromatic carbocycles. The number of hydrogen-bond donors (Lipinski definition) is 0. The molecule has 5 heteroatoms. The number of hydrogen-bond acceptors (Lipinski definition) is 5. The Morgan fingerprint density at radius 1 is 1.19 bits per heavy atom. The molecule has 0 amide bonds. The summed E-state index contributed by atoms with van der Waals surface area (Å²) in [6, 6.07) is 7.99. The van der Waals surface area contributed by atoms with Gasteiger partial charge in [-0.1, -0.05) is 11.2 Å². The number of carbonyl (C=O) groups is 1. The van der Waals surface area contributed by atoms with Crippen molar-refractivity contribution < 1.29 is 18.8 Å². The molecule has 1 aliphatic heterocycles. The van der Waals surface area contributed by atoms with Gasteiger partial charge < -0.3 is 14.0 Å². The van der Waals surface area contributed by atoms with Crippen LogP contribution in [0.15, 0.2) is 28.8 Å². The monoisotopic (exact) mass is 355 g/mol. The Labute approximate surface area is 153 Å². The number of nitrogens with zero attached hydrogens (tertiary/aromatic N) is 1. The zero-order valence-corrected chi connectivity index (χ0v) is 15.0. The summed E-state index contributed by atoms with van der Waals surface area (Å²) in [5, 5.41) is 3.91. The number of rotatable bonds is 7. The van der Waals surface area contributed by atoms with Crippen LogP contribution in [0.1, 0.15) is 59.5 Å². The van der Waals surface area contributed by atoms with E-state index in [-0.39, 0.29) is 12.4 Å². The van der Waals surface area contributed by atoms with Crippen molar-refractivity contribution >= 4 is 5.78 Å². The lowest BCUT2D eigenvalue weighted by Gasteiger charge is -2.16. The van der Waals surface area contributed by atoms with E-state index < -0.39 is 0 Å². The third kappa shape index (κ3) is 4.15. The zero-order chi connectivity index (χ0) is 17.8. The van der Waals surface area contributed by atoms with Crippen molar-refractivity contribution in [2.24, 2.45) is 5.92 Å². The van der Waals surface area contributed by atoms with Crippen LogP contribution < -0.4 is 4.74 Å². The normalized spacial score (nSPS) is 19.3. The molecule has 4 rings (SSSR count). The van der Waals surface area contributed by atoms with Gasteiger partial charge in [-0.05, 0) is 67.7 Å². The molecular weight excluding hydrogens is 330 g/mol. The van der Waals surface area contributed by atoms with Gasteiger partial charge in [-0.3, -0.25) is 4.79 Å². The maximum absolute atomic E-state index is 12.2. The van der Waals surface area contributed by atoms with E-state index in [0.717, 1.165) is 44.6 Å². The second kappa shape index (κ2) is 8.04. The number of ether oxygens (including phenoxy) is 2. The summed E-state index contributed by atoms with van der Waals surface area (Å²) in [7, 11) is 0. The molecule has 1 fully saturated rings. The van der Waals surface area contributed by atoms with E-state index in [9.17, 15) is 4.79 Å². The van der Waals surface area contributed by atoms with E-state index in [1.165, 1.54) is 24.0 Å². The molecule has 2 aliphatic rings. The quantitative estimate of drug-likeness (QED) is 0.699. The van der Waals surface area contributed by atoms with Gasteiger partial charge >= 0.3 is 0 Å². The van der Waals surface area contributed by atoms with Crippen LogP contribution in [0.25, 0.3) is 0 Å². The summed E-state index contributed by atoms with van der Waals surface area (Å²) in [4.78, 5) is 12.2. The highest BCUT2D eigenvalue weighted by Crippen LogP contribution is 2.26. The highest BCUT2D eigenvalue weighted by molar-refractivity contribution is 5.94. The van der Waals surface area contributed by atoms with Gasteiger partial charge in [-0.25, -0.2) is 0 Å². The summed E-state index contributed by atoms with van der Waals surface area (Å²) in [5.74, 6) is 1.95. The van der Waals surface area contributed by atoms with Crippen molar-refractivity contribution in [2.75, 3.05) is 13.2 Å². The lowest BCUT2D eigenvalue weighted by atomic mass is 9.92. The molecular formula is C21H25NO4. The first-order valence-corrected chi connectivity index (χ1v) is 9.59. The van der Waals surface area contributed by atoms with Gasteiger partial charge in [-0.15, -0.1) is 0 Å². The van der Waals surface area contributed by atoms with Crippen LogP contribution in [0.4, 0.5) is 0 Å². The number of ketones is 1. The number of Topliss-reactive ketones (excluding diaryl/α,β-unsaturated/α-hetero) is 1. The van der Waals surface area contributed by atoms with Gasteiger partial charge in [0.25, 0.3) is 0 Å². The van der Waals surface area contributed by atoms with Crippen molar-refractivity contribution in [3.05, 3.63) is 46.8 Å². The standard InChI is InChI=1S/C21H25NO4/c23-21(8-5-15-9-10-24-13-15)20-12-19(26-22-20)14-25-18-7-6-16-3-1-2-4-17(16)11-18/h6-7,11-12,15H,1-5,8-10,13-14H2. The second-order valence-electron chi connectivity index (χ2n) is 7.30. The first-order valence-electron chi connectivity index (χ1n) is 9.59. The van der Waals surface area contributed by atoms with E-state index in [2.05, 4.69) is 17.3 Å². The Hall–Kier alpha value is -2.14. The number of benzene rings is 1. The van der Waals surface area contributed by atoms with Gasteiger partial charge in [0.15, 0.2) is 11.5 Å². The first-order chi connectivity index (χ1) is 12.8. The van der Waals surface area contributed by atoms with Gasteiger partial charge in [0.1, 0.15) is 18.1 Å². The Bertz CT molecular complexity index is 761. The van der Waals surface area contributed by atoms with Crippen molar-refractivity contribution in [1.29, 1.82) is 0 Å². The van der Waals surface area contributed by atoms with Crippen molar-refractivity contribution in [1.82, 2.24) is 5.16 Å². The number of aromatic nitrogens is 1. The van der Waals surface area contributed by atoms with Crippen LogP contribution in [-0.2, 0) is 24.2 Å². The lowest BCUT2D eigenvalue weighted by molar-refractivity contribution is 0.0962. The SMILES string of the molecule is O=C(CCC1CCOC1)c1cc(COc2ccc3c(c2)CCCC3)on1. The van der Waals surface area contributed by atoms with Crippen molar-refractivity contribution in [3.8, 4) is 5.75 Å². The van der Waals surface area contributed by atoms with E-state index in [1.807, 2.05) is 6.07 Å². The number of carbonyl (C=O) groups excluding carboxylic acids is 1. The molecule has 1 atom stereocenters.